The van der Waals surface area contributed by atoms with Crippen LogP contribution in [0.2, 0.25) is 10.0 Å². The molecule has 0 atom stereocenters. The Kier molecular flexibility index (Phi) is 6.15. The SMILES string of the molecule is CC(=O)Nc1sc(C(=O)N/N=C\c2ccc(Cl)cc2Cl)c(C)c1C#N. The average molecular weight is 395 g/mol. The fourth-order valence-corrected chi connectivity index (χ4v) is 3.48. The Morgan fingerprint density at radius 3 is 2.68 bits per heavy atom. The van der Waals surface area contributed by atoms with Crippen LogP contribution in [0.1, 0.15) is 33.3 Å². The molecule has 1 heterocycles. The van der Waals surface area contributed by atoms with Gasteiger partial charge in [0.05, 0.1) is 16.8 Å². The highest BCUT2D eigenvalue weighted by atomic mass is 35.5. The van der Waals surface area contributed by atoms with E-state index in [0.29, 0.717) is 31.1 Å². The Labute approximate surface area is 158 Å². The highest BCUT2D eigenvalue weighted by molar-refractivity contribution is 7.18. The van der Waals surface area contributed by atoms with Crippen molar-refractivity contribution in [1.29, 1.82) is 5.26 Å². The van der Waals surface area contributed by atoms with Crippen LogP contribution in [-0.4, -0.2) is 18.0 Å². The predicted octanol–water partition coefficient (Wildman–Crippen LogP) is 3.96. The molecule has 1 aromatic carbocycles. The lowest BCUT2D eigenvalue weighted by Gasteiger charge is -2.00. The molecule has 2 aromatic rings. The first-order valence-electron chi connectivity index (χ1n) is 6.93. The zero-order valence-corrected chi connectivity index (χ0v) is 15.5. The van der Waals surface area contributed by atoms with Crippen LogP contribution >= 0.6 is 34.5 Å². The van der Waals surface area contributed by atoms with Crippen molar-refractivity contribution in [3.8, 4) is 6.07 Å². The van der Waals surface area contributed by atoms with Crippen molar-refractivity contribution < 1.29 is 9.59 Å². The number of nitrogens with one attached hydrogen (secondary N) is 2. The standard InChI is InChI=1S/C16H12Cl2N4O2S/c1-8-12(6-19)16(21-9(2)23)25-14(8)15(24)22-20-7-10-3-4-11(17)5-13(10)18/h3-5,7H,1-2H3,(H,21,23)(H,22,24)/b20-7-. The Balaban J connectivity index is 2.18. The number of anilines is 1. The van der Waals surface area contributed by atoms with Gasteiger partial charge >= 0.3 is 0 Å². The second-order valence-corrected chi connectivity index (χ2v) is 6.78. The van der Waals surface area contributed by atoms with Gasteiger partial charge in [0.15, 0.2) is 0 Å². The summed E-state index contributed by atoms with van der Waals surface area (Å²) in [6.45, 7) is 2.96. The molecule has 0 unspecified atom stereocenters. The molecular weight excluding hydrogens is 383 g/mol. The van der Waals surface area contributed by atoms with Crippen LogP contribution < -0.4 is 10.7 Å². The topological polar surface area (TPSA) is 94.3 Å². The molecule has 0 saturated heterocycles. The first-order valence-corrected chi connectivity index (χ1v) is 8.50. The Morgan fingerprint density at radius 2 is 2.08 bits per heavy atom. The normalized spacial score (nSPS) is 10.5. The van der Waals surface area contributed by atoms with Gasteiger partial charge in [-0.3, -0.25) is 9.59 Å². The molecule has 0 fully saturated rings. The van der Waals surface area contributed by atoms with E-state index in [2.05, 4.69) is 15.8 Å². The van der Waals surface area contributed by atoms with Gasteiger partial charge < -0.3 is 5.32 Å². The number of nitriles is 1. The van der Waals surface area contributed by atoms with Crippen molar-refractivity contribution >= 4 is 57.6 Å². The van der Waals surface area contributed by atoms with Gasteiger partial charge in [0.1, 0.15) is 15.9 Å². The summed E-state index contributed by atoms with van der Waals surface area (Å²) >= 11 is 12.8. The molecule has 0 aliphatic carbocycles. The molecule has 0 aliphatic heterocycles. The van der Waals surface area contributed by atoms with Crippen molar-refractivity contribution in [2.24, 2.45) is 5.10 Å². The number of carbonyl (C=O) groups excluding carboxylic acids is 2. The average Bonchev–Trinajstić information content (AvgIpc) is 2.84. The molecule has 2 amide bonds. The number of thiophene rings is 1. The number of nitrogens with zero attached hydrogens (tertiary/aromatic N) is 2. The fourth-order valence-electron chi connectivity index (χ4n) is 1.93. The van der Waals surface area contributed by atoms with Gasteiger partial charge in [-0.2, -0.15) is 10.4 Å². The second kappa shape index (κ2) is 8.12. The molecule has 0 radical (unpaired) electrons. The fraction of sp³-hybridized carbons (Fsp3) is 0.125. The van der Waals surface area contributed by atoms with Crippen LogP contribution in [0, 0.1) is 18.3 Å². The lowest BCUT2D eigenvalue weighted by atomic mass is 10.1. The van der Waals surface area contributed by atoms with Crippen LogP contribution in [0.25, 0.3) is 0 Å². The molecular formula is C16H12Cl2N4O2S. The van der Waals surface area contributed by atoms with E-state index in [-0.39, 0.29) is 11.5 Å². The van der Waals surface area contributed by atoms with E-state index in [0.717, 1.165) is 11.3 Å². The highest BCUT2D eigenvalue weighted by Gasteiger charge is 2.20. The lowest BCUT2D eigenvalue weighted by Crippen LogP contribution is -2.17. The summed E-state index contributed by atoms with van der Waals surface area (Å²) in [7, 11) is 0. The van der Waals surface area contributed by atoms with Gasteiger partial charge in [0.25, 0.3) is 5.91 Å². The highest BCUT2D eigenvalue weighted by Crippen LogP contribution is 2.32. The second-order valence-electron chi connectivity index (χ2n) is 4.92. The minimum Gasteiger partial charge on any atom is -0.317 e. The van der Waals surface area contributed by atoms with Crippen LogP contribution in [0.3, 0.4) is 0 Å². The molecule has 0 aliphatic rings. The van der Waals surface area contributed by atoms with Crippen molar-refractivity contribution in [3.05, 3.63) is 49.8 Å². The maximum atomic E-state index is 12.3. The number of hydrazone groups is 1. The van der Waals surface area contributed by atoms with Gasteiger partial charge in [-0.05, 0) is 24.6 Å². The van der Waals surface area contributed by atoms with E-state index < -0.39 is 5.91 Å². The Bertz CT molecular complexity index is 916. The number of hydrogen-bond acceptors (Lipinski definition) is 5. The molecule has 128 valence electrons. The molecule has 6 nitrogen and oxygen atoms in total. The Morgan fingerprint density at radius 1 is 1.36 bits per heavy atom. The van der Waals surface area contributed by atoms with Crippen LogP contribution in [0.4, 0.5) is 5.00 Å². The van der Waals surface area contributed by atoms with Crippen LogP contribution in [-0.2, 0) is 4.79 Å². The number of rotatable bonds is 4. The van der Waals surface area contributed by atoms with E-state index in [1.54, 1.807) is 25.1 Å². The number of halogens is 2. The van der Waals surface area contributed by atoms with E-state index in [4.69, 9.17) is 23.2 Å². The molecule has 25 heavy (non-hydrogen) atoms. The third-order valence-corrected chi connectivity index (χ3v) is 4.86. The largest absolute Gasteiger partial charge is 0.317 e. The molecule has 2 N–H and O–H groups in total. The third-order valence-electron chi connectivity index (χ3n) is 3.09. The maximum absolute atomic E-state index is 12.3. The minimum atomic E-state index is -0.489. The van der Waals surface area contributed by atoms with Crippen LogP contribution in [0.5, 0.6) is 0 Å². The van der Waals surface area contributed by atoms with E-state index in [9.17, 15) is 14.9 Å². The molecule has 0 spiro atoms. The van der Waals surface area contributed by atoms with Gasteiger partial charge in [-0.1, -0.05) is 29.3 Å². The summed E-state index contributed by atoms with van der Waals surface area (Å²) in [4.78, 5) is 23.8. The summed E-state index contributed by atoms with van der Waals surface area (Å²) < 4.78 is 0. The van der Waals surface area contributed by atoms with Gasteiger partial charge in [-0.25, -0.2) is 5.43 Å². The number of carbonyl (C=O) groups is 2. The summed E-state index contributed by atoms with van der Waals surface area (Å²) in [6.07, 6.45) is 1.39. The zero-order chi connectivity index (χ0) is 18.6. The van der Waals surface area contributed by atoms with Crippen molar-refractivity contribution in [1.82, 2.24) is 5.43 Å². The molecule has 1 aromatic heterocycles. The predicted molar refractivity (Wildman–Crippen MR) is 99.6 cm³/mol. The molecule has 9 heteroatoms. The van der Waals surface area contributed by atoms with Crippen LogP contribution in [0.15, 0.2) is 23.3 Å². The number of benzene rings is 1. The van der Waals surface area contributed by atoms with E-state index in [1.165, 1.54) is 13.1 Å². The smallest absolute Gasteiger partial charge is 0.281 e. The zero-order valence-electron chi connectivity index (χ0n) is 13.2. The number of amides is 2. The molecule has 0 bridgehead atoms. The van der Waals surface area contributed by atoms with Gasteiger partial charge in [0.2, 0.25) is 5.91 Å². The summed E-state index contributed by atoms with van der Waals surface area (Å²) in [6, 6.07) is 6.87. The van der Waals surface area contributed by atoms with Crippen molar-refractivity contribution in [2.75, 3.05) is 5.32 Å². The quantitative estimate of drug-likeness (QED) is 0.606. The van der Waals surface area contributed by atoms with E-state index >= 15 is 0 Å². The first kappa shape index (κ1) is 18.9. The monoisotopic (exact) mass is 394 g/mol. The van der Waals surface area contributed by atoms with Crippen molar-refractivity contribution in [3.63, 3.8) is 0 Å². The van der Waals surface area contributed by atoms with Gasteiger partial charge in [-0.15, -0.1) is 11.3 Å². The van der Waals surface area contributed by atoms with Gasteiger partial charge in [0, 0.05) is 17.5 Å². The lowest BCUT2D eigenvalue weighted by molar-refractivity contribution is -0.114. The summed E-state index contributed by atoms with van der Waals surface area (Å²) in [5.74, 6) is -0.808. The number of hydrogen-bond donors (Lipinski definition) is 2. The molecule has 2 rings (SSSR count). The van der Waals surface area contributed by atoms with E-state index in [1.807, 2.05) is 6.07 Å². The minimum absolute atomic E-state index is 0.259. The maximum Gasteiger partial charge on any atom is 0.281 e. The Hall–Kier alpha value is -2.40. The summed E-state index contributed by atoms with van der Waals surface area (Å²) in [5, 5.41) is 16.8. The first-order chi connectivity index (χ1) is 11.8. The molecule has 0 saturated carbocycles. The summed E-state index contributed by atoms with van der Waals surface area (Å²) in [5.41, 5.74) is 3.70. The third kappa shape index (κ3) is 4.57. The van der Waals surface area contributed by atoms with Crippen molar-refractivity contribution in [2.45, 2.75) is 13.8 Å².